The van der Waals surface area contributed by atoms with Crippen molar-refractivity contribution in [3.8, 4) is 0 Å². The molecule has 0 aliphatic carbocycles. The number of hydrogen-bond donors (Lipinski definition) is 1. The van der Waals surface area contributed by atoms with Gasteiger partial charge in [0.05, 0.1) is 35.7 Å². The molecule has 0 aliphatic heterocycles. The highest BCUT2D eigenvalue weighted by Crippen LogP contribution is 2.30. The van der Waals surface area contributed by atoms with Gasteiger partial charge in [0.15, 0.2) is 5.03 Å². The lowest BCUT2D eigenvalue weighted by molar-refractivity contribution is 0.0596. The van der Waals surface area contributed by atoms with Crippen molar-refractivity contribution < 1.29 is 17.9 Å². The van der Waals surface area contributed by atoms with Crippen molar-refractivity contribution >= 4 is 56.0 Å². The summed E-state index contributed by atoms with van der Waals surface area (Å²) in [5, 5.41) is 3.85. The molecule has 0 amide bonds. The van der Waals surface area contributed by atoms with Crippen LogP contribution in [-0.2, 0) is 21.8 Å². The summed E-state index contributed by atoms with van der Waals surface area (Å²) in [5.74, 6) is -0.806. The zero-order valence-electron chi connectivity index (χ0n) is 12.3. The quantitative estimate of drug-likeness (QED) is 0.676. The molecular formula is C12H10ClN5O4S2. The Morgan fingerprint density at radius 3 is 2.75 bits per heavy atom. The first-order valence-electron chi connectivity index (χ1n) is 6.39. The van der Waals surface area contributed by atoms with Crippen LogP contribution in [0.4, 0.5) is 5.69 Å². The number of fused-ring (bicyclic) bond motifs is 1. The summed E-state index contributed by atoms with van der Waals surface area (Å²) in [7, 11) is -1.56. The number of esters is 1. The van der Waals surface area contributed by atoms with E-state index in [4.69, 9.17) is 11.6 Å². The number of ether oxygens (including phenoxy) is 1. The Morgan fingerprint density at radius 2 is 2.04 bits per heavy atom. The molecule has 0 fully saturated rings. The molecule has 0 saturated heterocycles. The van der Waals surface area contributed by atoms with Crippen LogP contribution in [0.5, 0.6) is 0 Å². The Kier molecular flexibility index (Phi) is 4.15. The normalized spacial score (nSPS) is 11.6. The van der Waals surface area contributed by atoms with E-state index in [0.29, 0.717) is 16.1 Å². The minimum Gasteiger partial charge on any atom is -0.465 e. The van der Waals surface area contributed by atoms with Crippen molar-refractivity contribution in [3.63, 3.8) is 0 Å². The molecule has 126 valence electrons. The first-order chi connectivity index (χ1) is 11.3. The minimum absolute atomic E-state index is 0.172. The number of nitrogens with one attached hydrogen (secondary N) is 1. The van der Waals surface area contributed by atoms with Gasteiger partial charge in [0, 0.05) is 7.05 Å². The third-order valence-electron chi connectivity index (χ3n) is 3.15. The average molecular weight is 388 g/mol. The van der Waals surface area contributed by atoms with Crippen LogP contribution in [0.1, 0.15) is 10.4 Å². The van der Waals surface area contributed by atoms with Crippen LogP contribution >= 0.6 is 23.3 Å². The first-order valence-corrected chi connectivity index (χ1v) is 8.98. The van der Waals surface area contributed by atoms with Gasteiger partial charge in [-0.15, -0.1) is 0 Å². The molecule has 0 bridgehead atoms. The molecule has 3 aromatic rings. The van der Waals surface area contributed by atoms with Gasteiger partial charge in [0.1, 0.15) is 16.6 Å². The molecule has 1 aromatic carbocycles. The third kappa shape index (κ3) is 2.70. The minimum atomic E-state index is -4.13. The maximum atomic E-state index is 12.7. The molecular weight excluding hydrogens is 378 g/mol. The van der Waals surface area contributed by atoms with E-state index >= 15 is 0 Å². The van der Waals surface area contributed by atoms with E-state index in [0.717, 1.165) is 29.7 Å². The Bertz CT molecular complexity index is 1040. The van der Waals surface area contributed by atoms with Gasteiger partial charge in [0.2, 0.25) is 0 Å². The SMILES string of the molecule is COC(=O)c1cnn(C)c1S(=O)(=O)Nc1ccc(Cl)c2nsnc12. The van der Waals surface area contributed by atoms with Crippen LogP contribution in [0.15, 0.2) is 23.4 Å². The van der Waals surface area contributed by atoms with Gasteiger partial charge < -0.3 is 4.74 Å². The maximum Gasteiger partial charge on any atom is 0.342 e. The van der Waals surface area contributed by atoms with E-state index < -0.39 is 16.0 Å². The van der Waals surface area contributed by atoms with Gasteiger partial charge in [-0.1, -0.05) is 11.6 Å². The van der Waals surface area contributed by atoms with Crippen molar-refractivity contribution in [3.05, 3.63) is 28.9 Å². The number of carbonyl (C=O) groups excluding carboxylic acids is 1. The van der Waals surface area contributed by atoms with Gasteiger partial charge in [-0.3, -0.25) is 9.40 Å². The molecule has 0 atom stereocenters. The van der Waals surface area contributed by atoms with E-state index in [9.17, 15) is 13.2 Å². The molecule has 1 N–H and O–H groups in total. The van der Waals surface area contributed by atoms with Crippen molar-refractivity contribution in [2.24, 2.45) is 7.05 Å². The molecule has 12 heteroatoms. The van der Waals surface area contributed by atoms with Gasteiger partial charge in [-0.2, -0.15) is 22.3 Å². The summed E-state index contributed by atoms with van der Waals surface area (Å²) >= 11 is 6.91. The van der Waals surface area contributed by atoms with Crippen LogP contribution < -0.4 is 4.72 Å². The second-order valence-electron chi connectivity index (χ2n) is 4.64. The topological polar surface area (TPSA) is 116 Å². The molecule has 3 rings (SSSR count). The highest BCUT2D eigenvalue weighted by molar-refractivity contribution is 7.92. The number of rotatable bonds is 4. The first kappa shape index (κ1) is 16.6. The monoisotopic (exact) mass is 387 g/mol. The molecule has 9 nitrogen and oxygen atoms in total. The fraction of sp³-hybridized carbons (Fsp3) is 0.167. The number of methoxy groups -OCH3 is 1. The van der Waals surface area contributed by atoms with E-state index in [1.165, 1.54) is 19.2 Å². The Morgan fingerprint density at radius 1 is 1.33 bits per heavy atom. The Labute approximate surface area is 145 Å². The number of aryl methyl sites for hydroxylation is 1. The Hall–Kier alpha value is -2.24. The highest BCUT2D eigenvalue weighted by Gasteiger charge is 2.29. The number of aromatic nitrogens is 4. The molecule has 0 unspecified atom stereocenters. The van der Waals surface area contributed by atoms with Crippen LogP contribution in [0.3, 0.4) is 0 Å². The number of benzene rings is 1. The summed E-state index contributed by atoms with van der Waals surface area (Å²) in [6, 6.07) is 2.98. The van der Waals surface area contributed by atoms with Gasteiger partial charge in [0.25, 0.3) is 10.0 Å². The van der Waals surface area contributed by atoms with Gasteiger partial charge in [-0.25, -0.2) is 4.79 Å². The maximum absolute atomic E-state index is 12.7. The fourth-order valence-corrected chi connectivity index (χ4v) is 4.30. The van der Waals surface area contributed by atoms with Gasteiger partial charge in [-0.05, 0) is 12.1 Å². The standard InChI is InChI=1S/C12H10ClN5O4S2/c1-18-11(6(5-14-18)12(19)22-2)24(20,21)17-8-4-3-7(13)9-10(8)16-23-15-9/h3-5,17H,1-2H3. The van der Waals surface area contributed by atoms with Crippen molar-refractivity contribution in [2.45, 2.75) is 5.03 Å². The summed E-state index contributed by atoms with van der Waals surface area (Å²) in [6.45, 7) is 0. The third-order valence-corrected chi connectivity index (χ3v) is 5.47. The molecule has 24 heavy (non-hydrogen) atoms. The number of nitrogens with zero attached hydrogens (tertiary/aromatic N) is 4. The smallest absolute Gasteiger partial charge is 0.342 e. The van der Waals surface area contributed by atoms with E-state index in [1.807, 2.05) is 0 Å². The molecule has 2 aromatic heterocycles. The number of halogens is 1. The van der Waals surface area contributed by atoms with Crippen molar-refractivity contribution in [2.75, 3.05) is 11.8 Å². The van der Waals surface area contributed by atoms with Crippen molar-refractivity contribution in [1.29, 1.82) is 0 Å². The molecule has 0 saturated carbocycles. The Balaban J connectivity index is 2.10. The lowest BCUT2D eigenvalue weighted by Gasteiger charge is -2.10. The molecule has 2 heterocycles. The van der Waals surface area contributed by atoms with Crippen LogP contribution in [0.25, 0.3) is 11.0 Å². The zero-order valence-corrected chi connectivity index (χ0v) is 14.7. The van der Waals surface area contributed by atoms with E-state index in [1.54, 1.807) is 0 Å². The molecule has 0 aliphatic rings. The lowest BCUT2D eigenvalue weighted by Crippen LogP contribution is -2.20. The number of carbonyl (C=O) groups is 1. The number of sulfonamides is 1. The van der Waals surface area contributed by atoms with Crippen LogP contribution in [0, 0.1) is 0 Å². The zero-order chi connectivity index (χ0) is 17.5. The highest BCUT2D eigenvalue weighted by atomic mass is 35.5. The predicted molar refractivity (Wildman–Crippen MR) is 87.8 cm³/mol. The molecule has 0 radical (unpaired) electrons. The summed E-state index contributed by atoms with van der Waals surface area (Å²) in [6.07, 6.45) is 1.13. The van der Waals surface area contributed by atoms with Crippen LogP contribution in [0.2, 0.25) is 5.02 Å². The second kappa shape index (κ2) is 6.00. The predicted octanol–water partition coefficient (Wildman–Crippen LogP) is 1.67. The number of hydrogen-bond acceptors (Lipinski definition) is 8. The average Bonchev–Trinajstić information content (AvgIpc) is 3.16. The van der Waals surface area contributed by atoms with E-state index in [-0.39, 0.29) is 16.3 Å². The summed E-state index contributed by atoms with van der Waals surface area (Å²) < 4.78 is 41.5. The second-order valence-corrected chi connectivity index (χ2v) is 7.17. The van der Waals surface area contributed by atoms with Crippen LogP contribution in [-0.4, -0.2) is 40.0 Å². The summed E-state index contributed by atoms with van der Waals surface area (Å²) in [4.78, 5) is 11.8. The largest absolute Gasteiger partial charge is 0.465 e. The van der Waals surface area contributed by atoms with Gasteiger partial charge >= 0.3 is 5.97 Å². The summed E-state index contributed by atoms with van der Waals surface area (Å²) in [5.41, 5.74) is 0.729. The molecule has 0 spiro atoms. The van der Waals surface area contributed by atoms with E-state index in [2.05, 4.69) is 23.3 Å². The number of anilines is 1. The van der Waals surface area contributed by atoms with Crippen molar-refractivity contribution in [1.82, 2.24) is 18.5 Å². The lowest BCUT2D eigenvalue weighted by atomic mass is 10.3. The fourth-order valence-electron chi connectivity index (χ4n) is 2.11.